The van der Waals surface area contributed by atoms with Gasteiger partial charge in [0.25, 0.3) is 0 Å². The topological polar surface area (TPSA) is 144 Å². The molecule has 1 fully saturated rings. The van der Waals surface area contributed by atoms with E-state index in [9.17, 15) is 15.3 Å². The summed E-state index contributed by atoms with van der Waals surface area (Å²) in [4.78, 5) is 13.6. The van der Waals surface area contributed by atoms with Crippen LogP contribution in [0.3, 0.4) is 0 Å². The van der Waals surface area contributed by atoms with Crippen molar-refractivity contribution < 1.29 is 20.1 Å². The van der Waals surface area contributed by atoms with E-state index in [0.29, 0.717) is 30.6 Å². The first-order valence-corrected chi connectivity index (χ1v) is 11.5. The number of aliphatic imine (C=N–C) groups is 1. The predicted octanol–water partition coefficient (Wildman–Crippen LogP) is 1.07. The van der Waals surface area contributed by atoms with E-state index < -0.39 is 24.2 Å². The Morgan fingerprint density at radius 2 is 1.97 bits per heavy atom. The van der Waals surface area contributed by atoms with Crippen molar-refractivity contribution in [3.05, 3.63) is 66.2 Å². The highest BCUT2D eigenvalue weighted by Crippen LogP contribution is 2.29. The number of hydrogen-bond acceptors (Lipinski definition) is 10. The molecular formula is C25H28N6O4. The van der Waals surface area contributed by atoms with Gasteiger partial charge >= 0.3 is 0 Å². The molecule has 10 nitrogen and oxygen atoms in total. The summed E-state index contributed by atoms with van der Waals surface area (Å²) < 4.78 is 5.19. The Morgan fingerprint density at radius 1 is 1.11 bits per heavy atom. The van der Waals surface area contributed by atoms with Crippen LogP contribution in [0.4, 0.5) is 5.69 Å². The van der Waals surface area contributed by atoms with Crippen molar-refractivity contribution in [1.29, 1.82) is 0 Å². The molecule has 3 aromatic rings. The summed E-state index contributed by atoms with van der Waals surface area (Å²) >= 11 is 0. The first kappa shape index (κ1) is 23.0. The normalized spacial score (nSPS) is 24.2. The second-order valence-corrected chi connectivity index (χ2v) is 8.65. The van der Waals surface area contributed by atoms with Crippen LogP contribution in [0.1, 0.15) is 12.1 Å². The van der Waals surface area contributed by atoms with Gasteiger partial charge < -0.3 is 36.0 Å². The zero-order chi connectivity index (χ0) is 24.4. The fraction of sp³-hybridized carbons (Fsp3) is 0.320. The molecule has 1 aliphatic carbocycles. The van der Waals surface area contributed by atoms with Crippen LogP contribution >= 0.6 is 0 Å². The maximum atomic E-state index is 10.6. The Bertz CT molecular complexity index is 1280. The van der Waals surface area contributed by atoms with Crippen LogP contribution in [-0.4, -0.2) is 69.8 Å². The minimum absolute atomic E-state index is 0.194. The number of guanidine groups is 1. The molecule has 0 unspecified atom stereocenters. The van der Waals surface area contributed by atoms with Crippen molar-refractivity contribution in [3.63, 3.8) is 0 Å². The predicted molar refractivity (Wildman–Crippen MR) is 133 cm³/mol. The Balaban J connectivity index is 1.45. The van der Waals surface area contributed by atoms with Gasteiger partial charge in [0, 0.05) is 41.4 Å². The number of hydrogen-bond donors (Lipinski definition) is 6. The van der Waals surface area contributed by atoms with E-state index >= 15 is 0 Å². The van der Waals surface area contributed by atoms with Crippen molar-refractivity contribution in [3.8, 4) is 5.88 Å². The van der Waals surface area contributed by atoms with Crippen molar-refractivity contribution >= 4 is 28.1 Å². The zero-order valence-corrected chi connectivity index (χ0v) is 19.2. The molecule has 1 saturated carbocycles. The second-order valence-electron chi connectivity index (χ2n) is 8.65. The number of pyridine rings is 2. The van der Waals surface area contributed by atoms with Gasteiger partial charge in [0.1, 0.15) is 11.9 Å². The van der Waals surface area contributed by atoms with E-state index in [4.69, 9.17) is 9.72 Å². The van der Waals surface area contributed by atoms with E-state index in [2.05, 4.69) is 25.9 Å². The monoisotopic (exact) mass is 476 g/mol. The Morgan fingerprint density at radius 3 is 2.77 bits per heavy atom. The molecule has 3 heterocycles. The molecule has 1 aromatic carbocycles. The van der Waals surface area contributed by atoms with Gasteiger partial charge in [0.15, 0.2) is 0 Å². The third-order valence-electron chi connectivity index (χ3n) is 6.42. The summed E-state index contributed by atoms with van der Waals surface area (Å²) in [5.74, 6) is 1.20. The molecule has 0 bridgehead atoms. The summed E-state index contributed by atoms with van der Waals surface area (Å²) in [6.45, 7) is 0.139. The number of anilines is 1. The van der Waals surface area contributed by atoms with E-state index in [1.807, 2.05) is 36.4 Å². The standard InChI is InChI=1S/C25H28N6O4/c1-35-21-11-16(8-9-26-21)28-25-27-12-17(19-7-6-14-4-2-3-5-18(14)29-19)24(31-25)30-20-10-15(13-32)22(33)23(20)34/h2-9,11,15,20,22-23,30,32-34H,10,12-13H2,1H3,(H2,26,27,28,31)/t15-,20-,22-,23+/m1/s1. The number of benzene rings is 1. The van der Waals surface area contributed by atoms with Gasteiger partial charge in [-0.3, -0.25) is 0 Å². The lowest BCUT2D eigenvalue weighted by Crippen LogP contribution is -2.47. The molecule has 6 N–H and O–H groups in total. The number of aromatic nitrogens is 2. The van der Waals surface area contributed by atoms with Gasteiger partial charge in [0.05, 0.1) is 37.0 Å². The fourth-order valence-electron chi connectivity index (χ4n) is 4.48. The lowest BCUT2D eigenvalue weighted by atomic mass is 10.1. The van der Waals surface area contributed by atoms with Crippen LogP contribution in [0, 0.1) is 5.92 Å². The molecule has 0 saturated heterocycles. The van der Waals surface area contributed by atoms with Gasteiger partial charge in [-0.2, -0.15) is 0 Å². The number of fused-ring (bicyclic) bond motifs is 1. The first-order chi connectivity index (χ1) is 17.1. The first-order valence-electron chi connectivity index (χ1n) is 11.5. The second kappa shape index (κ2) is 9.87. The molecule has 5 rings (SSSR count). The molecule has 0 radical (unpaired) electrons. The Hall–Kier alpha value is -3.73. The van der Waals surface area contributed by atoms with Crippen molar-refractivity contribution in [2.75, 3.05) is 25.6 Å². The molecule has 182 valence electrons. The molecule has 0 amide bonds. The SMILES string of the molecule is COc1cc(NC2=NCC(c3ccc4ccccc4n3)=C(N[C@@H]3C[C@H](CO)[C@@H](O)[C@H]3O)N2)ccn1. The number of rotatable bonds is 6. The minimum atomic E-state index is -1.02. The molecule has 1 aliphatic heterocycles. The van der Waals surface area contributed by atoms with Crippen LogP contribution in [0.25, 0.3) is 16.5 Å². The summed E-state index contributed by atoms with van der Waals surface area (Å²) in [5, 5.41) is 41.4. The van der Waals surface area contributed by atoms with E-state index in [-0.39, 0.29) is 6.61 Å². The minimum Gasteiger partial charge on any atom is -0.481 e. The van der Waals surface area contributed by atoms with Gasteiger partial charge in [0.2, 0.25) is 11.8 Å². The molecule has 4 atom stereocenters. The van der Waals surface area contributed by atoms with Crippen molar-refractivity contribution in [2.24, 2.45) is 10.9 Å². The summed E-state index contributed by atoms with van der Waals surface area (Å²) in [6.07, 6.45) is 0.0330. The molecule has 0 spiro atoms. The Kier molecular flexibility index (Phi) is 6.49. The van der Waals surface area contributed by atoms with E-state index in [0.717, 1.165) is 27.9 Å². The highest BCUT2D eigenvalue weighted by molar-refractivity contribution is 5.98. The molecule has 2 aromatic heterocycles. The average Bonchev–Trinajstić information content (AvgIpc) is 3.16. The average molecular weight is 477 g/mol. The van der Waals surface area contributed by atoms with E-state index in [1.54, 1.807) is 25.4 Å². The highest BCUT2D eigenvalue weighted by atomic mass is 16.5. The number of nitrogens with one attached hydrogen (secondary N) is 3. The van der Waals surface area contributed by atoms with Gasteiger partial charge in [-0.25, -0.2) is 15.0 Å². The van der Waals surface area contributed by atoms with Crippen LogP contribution < -0.4 is 20.7 Å². The number of aliphatic hydroxyl groups excluding tert-OH is 3. The molecule has 35 heavy (non-hydrogen) atoms. The molecule has 10 heteroatoms. The van der Waals surface area contributed by atoms with E-state index in [1.165, 1.54) is 0 Å². The number of ether oxygens (including phenoxy) is 1. The van der Waals surface area contributed by atoms with Gasteiger partial charge in [-0.05, 0) is 24.6 Å². The quantitative estimate of drug-likeness (QED) is 0.308. The lowest BCUT2D eigenvalue weighted by Gasteiger charge is -2.27. The van der Waals surface area contributed by atoms with Crippen LogP contribution in [0.15, 0.2) is 65.5 Å². The van der Waals surface area contributed by atoms with Crippen LogP contribution in [0.5, 0.6) is 5.88 Å². The summed E-state index contributed by atoms with van der Waals surface area (Å²) in [5.41, 5.74) is 3.18. The number of aliphatic hydroxyl groups is 3. The maximum absolute atomic E-state index is 10.6. The molecular weight excluding hydrogens is 448 g/mol. The maximum Gasteiger partial charge on any atom is 0.214 e. The smallest absolute Gasteiger partial charge is 0.214 e. The zero-order valence-electron chi connectivity index (χ0n) is 19.2. The largest absolute Gasteiger partial charge is 0.481 e. The number of nitrogens with zero attached hydrogens (tertiary/aromatic N) is 3. The fourth-order valence-corrected chi connectivity index (χ4v) is 4.48. The van der Waals surface area contributed by atoms with Crippen molar-refractivity contribution in [2.45, 2.75) is 24.7 Å². The van der Waals surface area contributed by atoms with Gasteiger partial charge in [-0.1, -0.05) is 24.3 Å². The van der Waals surface area contributed by atoms with Crippen LogP contribution in [-0.2, 0) is 0 Å². The number of para-hydroxylation sites is 1. The Labute approximate surface area is 202 Å². The third-order valence-corrected chi connectivity index (χ3v) is 6.42. The number of methoxy groups -OCH3 is 1. The van der Waals surface area contributed by atoms with Crippen LogP contribution in [0.2, 0.25) is 0 Å². The van der Waals surface area contributed by atoms with Gasteiger partial charge in [-0.15, -0.1) is 0 Å². The lowest BCUT2D eigenvalue weighted by molar-refractivity contribution is 0.000577. The molecule has 2 aliphatic rings. The van der Waals surface area contributed by atoms with Crippen molar-refractivity contribution in [1.82, 2.24) is 20.6 Å². The highest BCUT2D eigenvalue weighted by Gasteiger charge is 2.41. The third kappa shape index (κ3) is 4.76. The summed E-state index contributed by atoms with van der Waals surface area (Å²) in [6, 6.07) is 14.9. The summed E-state index contributed by atoms with van der Waals surface area (Å²) in [7, 11) is 1.55.